The molecule has 1 N–H and O–H groups in total. The monoisotopic (exact) mass is 300 g/mol. The third-order valence-electron chi connectivity index (χ3n) is 1.97. The summed E-state index contributed by atoms with van der Waals surface area (Å²) < 4.78 is 0. The van der Waals surface area contributed by atoms with Gasteiger partial charge in [-0.05, 0) is 30.3 Å². The van der Waals surface area contributed by atoms with E-state index in [1.54, 1.807) is 24.3 Å². The number of carboxylic acids is 1. The number of hydrogen-bond acceptors (Lipinski definition) is 4. The maximum atomic E-state index is 10.6. The Balaban J connectivity index is 2.18. The van der Waals surface area contributed by atoms with Crippen molar-refractivity contribution in [2.45, 2.75) is 9.92 Å². The second kappa shape index (κ2) is 5.56. The average molecular weight is 301 g/mol. The minimum absolute atomic E-state index is 0.0894. The van der Waals surface area contributed by atoms with E-state index in [9.17, 15) is 4.79 Å². The summed E-state index contributed by atoms with van der Waals surface area (Å²) in [5.74, 6) is -1.10. The van der Waals surface area contributed by atoms with Crippen molar-refractivity contribution in [3.8, 4) is 0 Å². The molecule has 92 valence electrons. The lowest BCUT2D eigenvalue weighted by Gasteiger charge is -2.02. The fraction of sp³-hybridized carbons (Fsp3) is 0. The topological polar surface area (TPSA) is 63.1 Å². The number of carboxylic acid groups (broad SMARTS) is 1. The van der Waals surface area contributed by atoms with Crippen LogP contribution in [0.3, 0.4) is 0 Å². The second-order valence-corrected chi connectivity index (χ2v) is 5.15. The van der Waals surface area contributed by atoms with Gasteiger partial charge >= 0.3 is 5.97 Å². The molecule has 0 radical (unpaired) electrons. The van der Waals surface area contributed by atoms with E-state index in [4.69, 9.17) is 28.3 Å². The quantitative estimate of drug-likeness (QED) is 0.937. The van der Waals surface area contributed by atoms with E-state index in [-0.39, 0.29) is 5.69 Å². The molecule has 0 saturated carbocycles. The first-order chi connectivity index (χ1) is 8.56. The summed E-state index contributed by atoms with van der Waals surface area (Å²) in [5, 5.41) is 17.6. The van der Waals surface area contributed by atoms with E-state index < -0.39 is 5.97 Å². The molecule has 0 aliphatic carbocycles. The van der Waals surface area contributed by atoms with Gasteiger partial charge in [0.1, 0.15) is 5.03 Å². The van der Waals surface area contributed by atoms with Crippen LogP contribution in [0.5, 0.6) is 0 Å². The van der Waals surface area contributed by atoms with Crippen LogP contribution in [0.15, 0.2) is 40.3 Å². The van der Waals surface area contributed by atoms with Crippen molar-refractivity contribution < 1.29 is 9.90 Å². The van der Waals surface area contributed by atoms with Crippen LogP contribution in [0.1, 0.15) is 10.5 Å². The normalized spacial score (nSPS) is 10.3. The van der Waals surface area contributed by atoms with Crippen molar-refractivity contribution in [1.29, 1.82) is 0 Å². The molecule has 0 aliphatic rings. The lowest BCUT2D eigenvalue weighted by Crippen LogP contribution is -2.01. The van der Waals surface area contributed by atoms with Crippen LogP contribution < -0.4 is 0 Å². The molecule has 0 saturated heterocycles. The summed E-state index contributed by atoms with van der Waals surface area (Å²) in [6, 6.07) is 8.18. The summed E-state index contributed by atoms with van der Waals surface area (Å²) in [7, 11) is 0. The maximum absolute atomic E-state index is 10.6. The van der Waals surface area contributed by atoms with Gasteiger partial charge in [-0.25, -0.2) is 4.79 Å². The second-order valence-electron chi connectivity index (χ2n) is 3.24. The van der Waals surface area contributed by atoms with E-state index in [1.165, 1.54) is 17.8 Å². The van der Waals surface area contributed by atoms with Crippen LogP contribution in [0.2, 0.25) is 10.0 Å². The lowest BCUT2D eigenvalue weighted by molar-refractivity contribution is 0.0689. The van der Waals surface area contributed by atoms with E-state index in [2.05, 4.69) is 10.2 Å². The smallest absolute Gasteiger partial charge is 0.356 e. The van der Waals surface area contributed by atoms with Gasteiger partial charge < -0.3 is 5.11 Å². The Morgan fingerprint density at radius 2 is 1.89 bits per heavy atom. The fourth-order valence-corrected chi connectivity index (χ4v) is 2.28. The van der Waals surface area contributed by atoms with Crippen LogP contribution in [0.25, 0.3) is 0 Å². The summed E-state index contributed by atoms with van der Waals surface area (Å²) >= 11 is 13.0. The highest BCUT2D eigenvalue weighted by molar-refractivity contribution is 7.99. The predicted octanol–water partition coefficient (Wildman–Crippen LogP) is 3.63. The zero-order chi connectivity index (χ0) is 13.1. The number of hydrogen-bond donors (Lipinski definition) is 1. The number of carbonyl (C=O) groups is 1. The van der Waals surface area contributed by atoms with E-state index in [0.717, 1.165) is 4.90 Å². The van der Waals surface area contributed by atoms with Gasteiger partial charge in [0.05, 0.1) is 10.0 Å². The van der Waals surface area contributed by atoms with Gasteiger partial charge in [0.2, 0.25) is 0 Å². The van der Waals surface area contributed by atoms with Gasteiger partial charge in [-0.15, -0.1) is 10.2 Å². The molecule has 0 aliphatic heterocycles. The minimum atomic E-state index is -1.10. The Morgan fingerprint density at radius 3 is 2.44 bits per heavy atom. The standard InChI is InChI=1S/C11H6Cl2N2O2S/c12-7-2-1-6(5-8(7)13)18-10-4-3-9(11(16)17)14-15-10/h1-5H,(H,16,17). The van der Waals surface area contributed by atoms with Crippen LogP contribution in [-0.4, -0.2) is 21.3 Å². The predicted molar refractivity (Wildman–Crippen MR) is 69.6 cm³/mol. The van der Waals surface area contributed by atoms with Gasteiger partial charge in [0, 0.05) is 4.90 Å². The van der Waals surface area contributed by atoms with Crippen molar-refractivity contribution in [2.24, 2.45) is 0 Å². The molecule has 0 bridgehead atoms. The highest BCUT2D eigenvalue weighted by Crippen LogP contribution is 2.31. The van der Waals surface area contributed by atoms with Gasteiger partial charge in [-0.3, -0.25) is 0 Å². The average Bonchev–Trinajstić information content (AvgIpc) is 2.34. The Hall–Kier alpha value is -1.30. The van der Waals surface area contributed by atoms with Crippen LogP contribution in [0, 0.1) is 0 Å². The largest absolute Gasteiger partial charge is 0.476 e. The maximum Gasteiger partial charge on any atom is 0.356 e. The van der Waals surface area contributed by atoms with Gasteiger partial charge in [0.25, 0.3) is 0 Å². The molecule has 2 aromatic rings. The first kappa shape index (κ1) is 13.1. The number of rotatable bonds is 3. The van der Waals surface area contributed by atoms with Crippen LogP contribution >= 0.6 is 35.0 Å². The molecule has 0 unspecified atom stereocenters. The third-order valence-corrected chi connectivity index (χ3v) is 3.63. The van der Waals surface area contributed by atoms with Crippen molar-refractivity contribution in [1.82, 2.24) is 10.2 Å². The van der Waals surface area contributed by atoms with Crippen molar-refractivity contribution in [3.63, 3.8) is 0 Å². The van der Waals surface area contributed by atoms with Crippen LogP contribution in [-0.2, 0) is 0 Å². The summed E-state index contributed by atoms with van der Waals surface area (Å²) in [5.41, 5.74) is -0.0894. The van der Waals surface area contributed by atoms with E-state index >= 15 is 0 Å². The molecule has 4 nitrogen and oxygen atoms in total. The molecular formula is C11H6Cl2N2O2S. The Kier molecular flexibility index (Phi) is 4.06. The Bertz CT molecular complexity index is 590. The molecule has 7 heteroatoms. The molecule has 18 heavy (non-hydrogen) atoms. The lowest BCUT2D eigenvalue weighted by atomic mass is 10.4. The zero-order valence-electron chi connectivity index (χ0n) is 8.80. The third kappa shape index (κ3) is 3.13. The summed E-state index contributed by atoms with van der Waals surface area (Å²) in [6.07, 6.45) is 0. The summed E-state index contributed by atoms with van der Waals surface area (Å²) in [4.78, 5) is 11.5. The summed E-state index contributed by atoms with van der Waals surface area (Å²) in [6.45, 7) is 0. The molecule has 0 atom stereocenters. The molecule has 2 rings (SSSR count). The first-order valence-corrected chi connectivity index (χ1v) is 6.33. The fourth-order valence-electron chi connectivity index (χ4n) is 1.15. The molecule has 1 aromatic carbocycles. The SMILES string of the molecule is O=C(O)c1ccc(Sc2ccc(Cl)c(Cl)c2)nn1. The van der Waals surface area contributed by atoms with Gasteiger partial charge in [-0.2, -0.15) is 0 Å². The number of halogens is 2. The van der Waals surface area contributed by atoms with Crippen molar-refractivity contribution in [3.05, 3.63) is 46.1 Å². The van der Waals surface area contributed by atoms with Crippen LogP contribution in [0.4, 0.5) is 0 Å². The van der Waals surface area contributed by atoms with Crippen molar-refractivity contribution >= 4 is 40.9 Å². The molecule has 0 spiro atoms. The zero-order valence-corrected chi connectivity index (χ0v) is 11.1. The van der Waals surface area contributed by atoms with Crippen molar-refractivity contribution in [2.75, 3.05) is 0 Å². The number of benzene rings is 1. The Morgan fingerprint density at radius 1 is 1.11 bits per heavy atom. The molecule has 1 aromatic heterocycles. The number of aromatic nitrogens is 2. The molecule has 0 amide bonds. The van der Waals surface area contributed by atoms with Gasteiger partial charge in [0.15, 0.2) is 5.69 Å². The van der Waals surface area contributed by atoms with Gasteiger partial charge in [-0.1, -0.05) is 35.0 Å². The highest BCUT2D eigenvalue weighted by atomic mass is 35.5. The van der Waals surface area contributed by atoms with E-state index in [0.29, 0.717) is 15.1 Å². The number of nitrogens with zero attached hydrogens (tertiary/aromatic N) is 2. The minimum Gasteiger partial charge on any atom is -0.476 e. The molecular weight excluding hydrogens is 295 g/mol. The number of aromatic carboxylic acids is 1. The molecule has 0 fully saturated rings. The van der Waals surface area contributed by atoms with E-state index in [1.807, 2.05) is 0 Å². The highest BCUT2D eigenvalue weighted by Gasteiger charge is 2.07. The molecule has 1 heterocycles. The Labute approximate surface area is 117 Å². The first-order valence-electron chi connectivity index (χ1n) is 4.76.